The highest BCUT2D eigenvalue weighted by molar-refractivity contribution is 5.67. The molecule has 0 aliphatic rings. The van der Waals surface area contributed by atoms with Gasteiger partial charge in [-0.3, -0.25) is 4.79 Å². The first-order valence-electron chi connectivity index (χ1n) is 5.84. The van der Waals surface area contributed by atoms with Gasteiger partial charge in [0.25, 0.3) is 0 Å². The number of aryl methyl sites for hydroxylation is 1. The van der Waals surface area contributed by atoms with Gasteiger partial charge in [0.2, 0.25) is 0 Å². The van der Waals surface area contributed by atoms with E-state index in [-0.39, 0.29) is 18.3 Å². The largest absolute Gasteiger partial charge is 0.481 e. The van der Waals surface area contributed by atoms with Gasteiger partial charge in [-0.15, -0.1) is 6.58 Å². The maximum atomic E-state index is 13.1. The lowest BCUT2D eigenvalue weighted by molar-refractivity contribution is -0.137. The van der Waals surface area contributed by atoms with E-state index in [4.69, 9.17) is 5.11 Å². The number of aliphatic carboxylic acids is 1. The van der Waals surface area contributed by atoms with Gasteiger partial charge in [0.15, 0.2) is 0 Å². The van der Waals surface area contributed by atoms with Crippen LogP contribution in [0.3, 0.4) is 0 Å². The highest BCUT2D eigenvalue weighted by atomic mass is 19.1. The van der Waals surface area contributed by atoms with Gasteiger partial charge in [-0.2, -0.15) is 0 Å². The monoisotopic (exact) mass is 251 g/mol. The zero-order valence-electron chi connectivity index (χ0n) is 10.4. The Labute approximate surface area is 106 Å². The molecule has 0 radical (unpaired) electrons. The van der Waals surface area contributed by atoms with Gasteiger partial charge in [-0.1, -0.05) is 18.2 Å². The Morgan fingerprint density at radius 3 is 2.89 bits per heavy atom. The lowest BCUT2D eigenvalue weighted by Crippen LogP contribution is -2.33. The topological polar surface area (TPSA) is 49.3 Å². The number of nitrogens with one attached hydrogen (secondary N) is 1. The van der Waals surface area contributed by atoms with E-state index < -0.39 is 5.97 Å². The third kappa shape index (κ3) is 4.67. The maximum absolute atomic E-state index is 13.1. The van der Waals surface area contributed by atoms with Crippen molar-refractivity contribution in [2.24, 2.45) is 0 Å². The van der Waals surface area contributed by atoms with Crippen LogP contribution in [0.2, 0.25) is 0 Å². The molecule has 0 aromatic heterocycles. The van der Waals surface area contributed by atoms with Crippen molar-refractivity contribution in [2.75, 3.05) is 6.54 Å². The lowest BCUT2D eigenvalue weighted by atomic mass is 10.0. The molecule has 1 rings (SSSR count). The van der Waals surface area contributed by atoms with E-state index in [0.717, 1.165) is 5.56 Å². The molecule has 0 aliphatic carbocycles. The lowest BCUT2D eigenvalue weighted by Gasteiger charge is -2.16. The number of hydrogen-bond acceptors (Lipinski definition) is 2. The van der Waals surface area contributed by atoms with Crippen molar-refractivity contribution in [3.05, 3.63) is 47.8 Å². The summed E-state index contributed by atoms with van der Waals surface area (Å²) in [4.78, 5) is 10.8. The fraction of sp³-hybridized carbons (Fsp3) is 0.357. The van der Waals surface area contributed by atoms with Crippen LogP contribution in [0.1, 0.15) is 17.5 Å². The number of carboxylic acid groups (broad SMARTS) is 1. The van der Waals surface area contributed by atoms with E-state index in [2.05, 4.69) is 11.9 Å². The summed E-state index contributed by atoms with van der Waals surface area (Å²) in [5.41, 5.74) is 1.50. The average molecular weight is 251 g/mol. The fourth-order valence-electron chi connectivity index (χ4n) is 1.80. The highest BCUT2D eigenvalue weighted by Crippen LogP contribution is 2.12. The van der Waals surface area contributed by atoms with Crippen LogP contribution in [-0.4, -0.2) is 23.7 Å². The minimum absolute atomic E-state index is 0.0320. The van der Waals surface area contributed by atoms with Crippen molar-refractivity contribution < 1.29 is 14.3 Å². The summed E-state index contributed by atoms with van der Waals surface area (Å²) in [6.45, 7) is 5.84. The fourth-order valence-corrected chi connectivity index (χ4v) is 1.80. The summed E-state index contributed by atoms with van der Waals surface area (Å²) in [7, 11) is 0. The number of carboxylic acids is 1. The highest BCUT2D eigenvalue weighted by Gasteiger charge is 2.13. The first-order chi connectivity index (χ1) is 8.52. The Kier molecular flexibility index (Phi) is 5.52. The van der Waals surface area contributed by atoms with Gasteiger partial charge in [0.05, 0.1) is 6.42 Å². The van der Waals surface area contributed by atoms with Gasteiger partial charge >= 0.3 is 5.97 Å². The third-order valence-corrected chi connectivity index (χ3v) is 2.68. The van der Waals surface area contributed by atoms with Gasteiger partial charge < -0.3 is 10.4 Å². The molecule has 1 aromatic rings. The van der Waals surface area contributed by atoms with Gasteiger partial charge in [0, 0.05) is 12.6 Å². The predicted molar refractivity (Wildman–Crippen MR) is 69.1 cm³/mol. The molecule has 0 amide bonds. The number of rotatable bonds is 7. The molecule has 3 nitrogen and oxygen atoms in total. The molecule has 1 atom stereocenters. The van der Waals surface area contributed by atoms with Crippen LogP contribution in [-0.2, 0) is 11.2 Å². The third-order valence-electron chi connectivity index (χ3n) is 2.68. The molecular formula is C14H18FNO2. The second kappa shape index (κ2) is 6.91. The summed E-state index contributed by atoms with van der Waals surface area (Å²) in [6.07, 6.45) is 2.27. The molecule has 2 N–H and O–H groups in total. The number of hydrogen-bond donors (Lipinski definition) is 2. The normalized spacial score (nSPS) is 12.1. The van der Waals surface area contributed by atoms with E-state index in [1.165, 1.54) is 6.07 Å². The van der Waals surface area contributed by atoms with Crippen LogP contribution in [0.15, 0.2) is 30.9 Å². The summed E-state index contributed by atoms with van der Waals surface area (Å²) >= 11 is 0. The quantitative estimate of drug-likeness (QED) is 0.731. The molecule has 0 spiro atoms. The summed E-state index contributed by atoms with van der Waals surface area (Å²) in [5.74, 6) is -1.09. The van der Waals surface area contributed by atoms with Crippen molar-refractivity contribution in [2.45, 2.75) is 25.8 Å². The standard InChI is InChI=1S/C14H18FNO2/c1-3-6-16-12(9-14(17)18)8-11-4-5-13(15)10(2)7-11/h3-5,7,12,16H,1,6,8-9H2,2H3,(H,17,18). The van der Waals surface area contributed by atoms with E-state index in [9.17, 15) is 9.18 Å². The first kappa shape index (κ1) is 14.4. The van der Waals surface area contributed by atoms with Crippen LogP contribution in [0, 0.1) is 12.7 Å². The SMILES string of the molecule is C=CCNC(CC(=O)O)Cc1ccc(F)c(C)c1. The molecule has 0 saturated heterocycles. The van der Waals surface area contributed by atoms with Crippen LogP contribution in [0.25, 0.3) is 0 Å². The van der Waals surface area contributed by atoms with Gasteiger partial charge in [0.1, 0.15) is 5.82 Å². The average Bonchev–Trinajstić information content (AvgIpc) is 2.30. The molecular weight excluding hydrogens is 233 g/mol. The molecule has 1 unspecified atom stereocenters. The van der Waals surface area contributed by atoms with Crippen molar-refractivity contribution >= 4 is 5.97 Å². The molecule has 0 aliphatic heterocycles. The van der Waals surface area contributed by atoms with Crippen LogP contribution >= 0.6 is 0 Å². The molecule has 1 aromatic carbocycles. The second-order valence-electron chi connectivity index (χ2n) is 4.28. The van der Waals surface area contributed by atoms with Gasteiger partial charge in [-0.25, -0.2) is 4.39 Å². The van der Waals surface area contributed by atoms with E-state index in [1.807, 2.05) is 0 Å². The van der Waals surface area contributed by atoms with Crippen molar-refractivity contribution in [3.8, 4) is 0 Å². The van der Waals surface area contributed by atoms with Gasteiger partial charge in [-0.05, 0) is 30.5 Å². The molecule has 0 saturated carbocycles. The number of benzene rings is 1. The Bertz CT molecular complexity index is 432. The summed E-state index contributed by atoms with van der Waals surface area (Å²) in [6, 6.07) is 4.67. The molecule has 0 bridgehead atoms. The molecule has 0 heterocycles. The molecule has 18 heavy (non-hydrogen) atoms. The van der Waals surface area contributed by atoms with Crippen LogP contribution in [0.5, 0.6) is 0 Å². The number of carbonyl (C=O) groups is 1. The molecule has 4 heteroatoms. The maximum Gasteiger partial charge on any atom is 0.304 e. The van der Waals surface area contributed by atoms with E-state index in [1.54, 1.807) is 25.1 Å². The Balaban J connectivity index is 2.71. The summed E-state index contributed by atoms with van der Waals surface area (Å²) < 4.78 is 13.1. The predicted octanol–water partition coefficient (Wildman–Crippen LogP) is 2.30. The minimum Gasteiger partial charge on any atom is -0.481 e. The second-order valence-corrected chi connectivity index (χ2v) is 4.28. The minimum atomic E-state index is -0.851. The van der Waals surface area contributed by atoms with Crippen molar-refractivity contribution in [1.82, 2.24) is 5.32 Å². The smallest absolute Gasteiger partial charge is 0.304 e. The van der Waals surface area contributed by atoms with Crippen molar-refractivity contribution in [3.63, 3.8) is 0 Å². The number of halogens is 1. The summed E-state index contributed by atoms with van der Waals surface area (Å²) in [5, 5.41) is 11.9. The van der Waals surface area contributed by atoms with Crippen molar-refractivity contribution in [1.29, 1.82) is 0 Å². The zero-order valence-corrected chi connectivity index (χ0v) is 10.4. The molecule has 98 valence electrons. The van der Waals surface area contributed by atoms with Crippen LogP contribution in [0.4, 0.5) is 4.39 Å². The molecule has 0 fully saturated rings. The van der Waals surface area contributed by atoms with E-state index in [0.29, 0.717) is 18.5 Å². The Morgan fingerprint density at radius 1 is 1.61 bits per heavy atom. The zero-order chi connectivity index (χ0) is 13.5. The first-order valence-corrected chi connectivity index (χ1v) is 5.84. The van der Waals surface area contributed by atoms with E-state index >= 15 is 0 Å². The Morgan fingerprint density at radius 2 is 2.33 bits per heavy atom. The Hall–Kier alpha value is -1.68. The van der Waals surface area contributed by atoms with Crippen LogP contribution < -0.4 is 5.32 Å².